The molecule has 1 amide bonds. The third-order valence-corrected chi connectivity index (χ3v) is 4.32. The number of carbonyl (C=O) groups is 1. The molecule has 0 N–H and O–H groups in total. The predicted molar refractivity (Wildman–Crippen MR) is 83.0 cm³/mol. The molecule has 0 spiro atoms. The van der Waals surface area contributed by atoms with Crippen molar-refractivity contribution in [2.45, 2.75) is 45.6 Å². The van der Waals surface area contributed by atoms with Crippen LogP contribution in [-0.2, 0) is 0 Å². The van der Waals surface area contributed by atoms with Crippen LogP contribution in [-0.4, -0.2) is 28.7 Å². The lowest BCUT2D eigenvalue weighted by Gasteiger charge is -2.29. The summed E-state index contributed by atoms with van der Waals surface area (Å²) in [6.07, 6.45) is 4.82. The monoisotopic (exact) mass is 323 g/mol. The second-order valence-corrected chi connectivity index (χ2v) is 6.24. The van der Waals surface area contributed by atoms with E-state index in [-0.39, 0.29) is 5.91 Å². The average molecular weight is 324 g/mol. The highest BCUT2D eigenvalue weighted by atomic mass is 79.9. The highest BCUT2D eigenvalue weighted by Crippen LogP contribution is 2.25. The lowest BCUT2D eigenvalue weighted by molar-refractivity contribution is 0.0695. The zero-order valence-electron chi connectivity index (χ0n) is 11.8. The Balaban J connectivity index is 2.22. The van der Waals surface area contributed by atoms with Crippen LogP contribution in [0.15, 0.2) is 18.2 Å². The summed E-state index contributed by atoms with van der Waals surface area (Å²) in [7, 11) is 0. The van der Waals surface area contributed by atoms with Gasteiger partial charge in [-0.25, -0.2) is 0 Å². The third-order valence-electron chi connectivity index (χ3n) is 3.96. The Kier molecular flexibility index (Phi) is 5.03. The van der Waals surface area contributed by atoms with Gasteiger partial charge in [0.15, 0.2) is 0 Å². The Morgan fingerprint density at radius 3 is 2.58 bits per heavy atom. The van der Waals surface area contributed by atoms with Crippen molar-refractivity contribution < 1.29 is 4.79 Å². The lowest BCUT2D eigenvalue weighted by Crippen LogP contribution is -2.40. The topological polar surface area (TPSA) is 20.3 Å². The molecule has 2 nitrogen and oxygen atoms in total. The summed E-state index contributed by atoms with van der Waals surface area (Å²) in [5.41, 5.74) is 3.16. The van der Waals surface area contributed by atoms with E-state index < -0.39 is 0 Å². The maximum Gasteiger partial charge on any atom is 0.254 e. The smallest absolute Gasteiger partial charge is 0.254 e. The van der Waals surface area contributed by atoms with Crippen molar-refractivity contribution in [3.8, 4) is 0 Å². The first-order valence-electron chi connectivity index (χ1n) is 7.07. The van der Waals surface area contributed by atoms with Gasteiger partial charge in [-0.05, 0) is 38.3 Å². The molecule has 1 aromatic rings. The molecule has 1 aliphatic carbocycles. The zero-order valence-corrected chi connectivity index (χ0v) is 13.4. The summed E-state index contributed by atoms with van der Waals surface area (Å²) in [6.45, 7) is 4.90. The van der Waals surface area contributed by atoms with E-state index in [9.17, 15) is 4.79 Å². The molecule has 0 radical (unpaired) electrons. The number of rotatable bonds is 4. The summed E-state index contributed by atoms with van der Waals surface area (Å²) in [6, 6.07) is 6.53. The second-order valence-electron chi connectivity index (χ2n) is 5.44. The summed E-state index contributed by atoms with van der Waals surface area (Å²) in [5, 5.41) is 0.847. The standard InChI is InChI=1S/C16H22BrNO/c1-12-7-8-15(13(2)11-12)16(19)18(10-9-17)14-5-3-4-6-14/h7-8,11,14H,3-6,9-10H2,1-2H3. The molecule has 1 aromatic carbocycles. The summed E-state index contributed by atoms with van der Waals surface area (Å²) in [4.78, 5) is 14.8. The molecule has 0 bridgehead atoms. The quantitative estimate of drug-likeness (QED) is 0.764. The van der Waals surface area contributed by atoms with Crippen molar-refractivity contribution in [3.05, 3.63) is 34.9 Å². The van der Waals surface area contributed by atoms with Crippen LogP contribution in [0.4, 0.5) is 0 Å². The fourth-order valence-corrected chi connectivity index (χ4v) is 3.35. The maximum atomic E-state index is 12.8. The maximum absolute atomic E-state index is 12.8. The molecule has 104 valence electrons. The Morgan fingerprint density at radius 1 is 1.32 bits per heavy atom. The van der Waals surface area contributed by atoms with Crippen molar-refractivity contribution in [1.82, 2.24) is 4.90 Å². The number of carbonyl (C=O) groups excluding carboxylic acids is 1. The molecule has 1 saturated carbocycles. The van der Waals surface area contributed by atoms with Crippen molar-refractivity contribution in [2.75, 3.05) is 11.9 Å². The first kappa shape index (κ1) is 14.6. The van der Waals surface area contributed by atoms with Crippen LogP contribution in [0.2, 0.25) is 0 Å². The van der Waals surface area contributed by atoms with Crippen molar-refractivity contribution in [3.63, 3.8) is 0 Å². The Morgan fingerprint density at radius 2 is 2.00 bits per heavy atom. The third kappa shape index (κ3) is 3.38. The average Bonchev–Trinajstić information content (AvgIpc) is 2.89. The molecule has 0 atom stereocenters. The fraction of sp³-hybridized carbons (Fsp3) is 0.562. The lowest BCUT2D eigenvalue weighted by atomic mass is 10.0. The molecule has 0 aromatic heterocycles. The molecule has 1 aliphatic rings. The first-order chi connectivity index (χ1) is 9.13. The number of amides is 1. The molecule has 0 heterocycles. The Hall–Kier alpha value is -0.830. The van der Waals surface area contributed by atoms with E-state index >= 15 is 0 Å². The summed E-state index contributed by atoms with van der Waals surface area (Å²) >= 11 is 3.47. The van der Waals surface area contributed by atoms with Gasteiger partial charge < -0.3 is 4.90 Å². The molecule has 0 aliphatic heterocycles. The SMILES string of the molecule is Cc1ccc(C(=O)N(CCBr)C2CCCC2)c(C)c1. The van der Waals surface area contributed by atoms with Crippen LogP contribution in [0, 0.1) is 13.8 Å². The van der Waals surface area contributed by atoms with Gasteiger partial charge in [0, 0.05) is 23.5 Å². The van der Waals surface area contributed by atoms with Gasteiger partial charge in [0.1, 0.15) is 0 Å². The van der Waals surface area contributed by atoms with Crippen LogP contribution in [0.25, 0.3) is 0 Å². The minimum atomic E-state index is 0.198. The molecular weight excluding hydrogens is 302 g/mol. The van der Waals surface area contributed by atoms with Gasteiger partial charge >= 0.3 is 0 Å². The zero-order chi connectivity index (χ0) is 13.8. The van der Waals surface area contributed by atoms with E-state index in [0.717, 1.165) is 35.8 Å². The predicted octanol–water partition coefficient (Wildman–Crippen LogP) is 4.08. The van der Waals surface area contributed by atoms with Crippen LogP contribution in [0.1, 0.15) is 47.2 Å². The van der Waals surface area contributed by atoms with Crippen molar-refractivity contribution in [2.24, 2.45) is 0 Å². The number of nitrogens with zero attached hydrogens (tertiary/aromatic N) is 1. The number of benzene rings is 1. The number of alkyl halides is 1. The minimum absolute atomic E-state index is 0.198. The van der Waals surface area contributed by atoms with Crippen molar-refractivity contribution >= 4 is 21.8 Å². The molecule has 0 saturated heterocycles. The largest absolute Gasteiger partial charge is 0.335 e. The Bertz CT molecular complexity index is 452. The van der Waals surface area contributed by atoms with E-state index in [4.69, 9.17) is 0 Å². The van der Waals surface area contributed by atoms with E-state index in [2.05, 4.69) is 33.8 Å². The van der Waals surface area contributed by atoms with E-state index in [0.29, 0.717) is 6.04 Å². The van der Waals surface area contributed by atoms with Crippen LogP contribution in [0.3, 0.4) is 0 Å². The van der Waals surface area contributed by atoms with Crippen LogP contribution >= 0.6 is 15.9 Å². The molecule has 0 unspecified atom stereocenters. The van der Waals surface area contributed by atoms with Gasteiger partial charge in [0.05, 0.1) is 0 Å². The number of halogens is 1. The van der Waals surface area contributed by atoms with Crippen molar-refractivity contribution in [1.29, 1.82) is 0 Å². The van der Waals surface area contributed by atoms with Gasteiger partial charge in [-0.3, -0.25) is 4.79 Å². The molecule has 19 heavy (non-hydrogen) atoms. The first-order valence-corrected chi connectivity index (χ1v) is 8.20. The molecule has 1 fully saturated rings. The highest BCUT2D eigenvalue weighted by molar-refractivity contribution is 9.09. The molecule has 3 heteroatoms. The Labute approximate surface area is 124 Å². The van der Waals surface area contributed by atoms with E-state index in [1.54, 1.807) is 0 Å². The van der Waals surface area contributed by atoms with E-state index in [1.807, 2.05) is 19.1 Å². The fourth-order valence-electron chi connectivity index (χ4n) is 2.97. The number of aryl methyl sites for hydroxylation is 2. The summed E-state index contributed by atoms with van der Waals surface area (Å²) in [5.74, 6) is 0.198. The number of hydrogen-bond acceptors (Lipinski definition) is 1. The highest BCUT2D eigenvalue weighted by Gasteiger charge is 2.27. The normalized spacial score (nSPS) is 15.7. The van der Waals surface area contributed by atoms with Gasteiger partial charge in [-0.1, -0.05) is 46.5 Å². The van der Waals surface area contributed by atoms with E-state index in [1.165, 1.54) is 18.4 Å². The second kappa shape index (κ2) is 6.56. The molecular formula is C16H22BrNO. The number of hydrogen-bond donors (Lipinski definition) is 0. The van der Waals surface area contributed by atoms with Gasteiger partial charge in [-0.15, -0.1) is 0 Å². The van der Waals surface area contributed by atoms with Crippen LogP contribution in [0.5, 0.6) is 0 Å². The molecule has 2 rings (SSSR count). The van der Waals surface area contributed by atoms with Gasteiger partial charge in [0.2, 0.25) is 0 Å². The van der Waals surface area contributed by atoms with Crippen LogP contribution < -0.4 is 0 Å². The van der Waals surface area contributed by atoms with Gasteiger partial charge in [0.25, 0.3) is 5.91 Å². The summed E-state index contributed by atoms with van der Waals surface area (Å²) < 4.78 is 0. The van der Waals surface area contributed by atoms with Gasteiger partial charge in [-0.2, -0.15) is 0 Å². The minimum Gasteiger partial charge on any atom is -0.335 e.